The third kappa shape index (κ3) is 4.29. The molecule has 156 valence electrons. The second-order valence-corrected chi connectivity index (χ2v) is 9.95. The zero-order valence-electron chi connectivity index (χ0n) is 16.3. The molecule has 2 aromatic rings. The van der Waals surface area contributed by atoms with Crippen molar-refractivity contribution in [3.8, 4) is 5.75 Å². The molecule has 4 rings (SSSR count). The molecule has 0 aromatic heterocycles. The largest absolute Gasteiger partial charge is 0.497 e. The maximum Gasteiger partial charge on any atom is 0.244 e. The highest BCUT2D eigenvalue weighted by Crippen LogP contribution is 2.33. The number of nitrogens with one attached hydrogen (secondary N) is 2. The van der Waals surface area contributed by atoms with Crippen LogP contribution < -0.4 is 15.6 Å². The molecule has 2 N–H and O–H groups in total. The summed E-state index contributed by atoms with van der Waals surface area (Å²) in [6, 6.07) is 15.3. The van der Waals surface area contributed by atoms with Crippen LogP contribution in [0.2, 0.25) is 5.02 Å². The zero-order chi connectivity index (χ0) is 20.4. The molecule has 2 aliphatic rings. The van der Waals surface area contributed by atoms with E-state index in [9.17, 15) is 8.42 Å². The average molecular weight is 436 g/mol. The molecule has 0 aliphatic carbocycles. The van der Waals surface area contributed by atoms with E-state index in [-0.39, 0.29) is 16.0 Å². The van der Waals surface area contributed by atoms with Crippen molar-refractivity contribution in [3.63, 3.8) is 0 Å². The van der Waals surface area contributed by atoms with Crippen molar-refractivity contribution in [1.29, 1.82) is 0 Å². The van der Waals surface area contributed by atoms with E-state index >= 15 is 0 Å². The van der Waals surface area contributed by atoms with Gasteiger partial charge in [-0.15, -0.1) is 0 Å². The molecule has 0 bridgehead atoms. The summed E-state index contributed by atoms with van der Waals surface area (Å²) in [4.78, 5) is 0.193. The molecule has 2 aromatic carbocycles. The fourth-order valence-corrected chi connectivity index (χ4v) is 6.24. The predicted molar refractivity (Wildman–Crippen MR) is 113 cm³/mol. The molecule has 2 aliphatic heterocycles. The first-order valence-corrected chi connectivity index (χ1v) is 11.7. The molecule has 2 atom stereocenters. The maximum atomic E-state index is 12.9. The molecule has 0 radical (unpaired) electrons. The first-order valence-electron chi connectivity index (χ1n) is 9.88. The van der Waals surface area contributed by atoms with Crippen LogP contribution in [-0.4, -0.2) is 39.0 Å². The van der Waals surface area contributed by atoms with Gasteiger partial charge >= 0.3 is 0 Å². The Bertz CT molecular complexity index is 961. The predicted octanol–water partition coefficient (Wildman–Crippen LogP) is 3.36. The summed E-state index contributed by atoms with van der Waals surface area (Å²) in [5.74, 6) is 1.28. The van der Waals surface area contributed by atoms with E-state index in [0.717, 1.165) is 25.0 Å². The highest BCUT2D eigenvalue weighted by molar-refractivity contribution is 7.89. The third-order valence-electron chi connectivity index (χ3n) is 5.95. The standard InChI is InChI=1S/C21H26ClN3O3S/c1-28-17-6-4-5-16(13-17)20-14-19(23-24-20)15-9-11-25(12-10-15)29(26,27)21-8-3-2-7-18(21)22/h2-8,13,15,19-20,23-24H,9-12,14H2,1H3. The number of methoxy groups -OCH3 is 1. The smallest absolute Gasteiger partial charge is 0.244 e. The van der Waals surface area contributed by atoms with Crippen LogP contribution in [0.15, 0.2) is 53.4 Å². The summed E-state index contributed by atoms with van der Waals surface area (Å²) < 4.78 is 32.8. The molecule has 2 saturated heterocycles. The van der Waals surface area contributed by atoms with E-state index < -0.39 is 10.0 Å². The van der Waals surface area contributed by atoms with E-state index in [1.807, 2.05) is 12.1 Å². The Hall–Kier alpha value is -1.64. The van der Waals surface area contributed by atoms with Crippen LogP contribution in [0.5, 0.6) is 5.75 Å². The second kappa shape index (κ2) is 8.62. The van der Waals surface area contributed by atoms with Gasteiger partial charge < -0.3 is 4.74 Å². The molecular formula is C21H26ClN3O3S. The summed E-state index contributed by atoms with van der Waals surface area (Å²) in [6.07, 6.45) is 2.62. The normalized spacial score (nSPS) is 23.9. The summed E-state index contributed by atoms with van der Waals surface area (Å²) >= 11 is 6.12. The number of hydrogen-bond acceptors (Lipinski definition) is 5. The van der Waals surface area contributed by atoms with Gasteiger partial charge in [0.15, 0.2) is 0 Å². The molecule has 0 spiro atoms. The van der Waals surface area contributed by atoms with Gasteiger partial charge in [-0.3, -0.25) is 10.9 Å². The molecule has 0 amide bonds. The van der Waals surface area contributed by atoms with Gasteiger partial charge in [0.25, 0.3) is 0 Å². The Morgan fingerprint density at radius 3 is 2.55 bits per heavy atom. The zero-order valence-corrected chi connectivity index (χ0v) is 17.9. The number of nitrogens with zero attached hydrogens (tertiary/aromatic N) is 1. The number of rotatable bonds is 5. The minimum Gasteiger partial charge on any atom is -0.497 e. The number of hydrazine groups is 1. The van der Waals surface area contributed by atoms with Crippen LogP contribution in [0.1, 0.15) is 30.9 Å². The van der Waals surface area contributed by atoms with Gasteiger partial charge in [-0.05, 0) is 55.0 Å². The van der Waals surface area contributed by atoms with Crippen molar-refractivity contribution >= 4 is 21.6 Å². The number of ether oxygens (including phenoxy) is 1. The number of sulfonamides is 1. The van der Waals surface area contributed by atoms with E-state index in [2.05, 4.69) is 23.0 Å². The quantitative estimate of drug-likeness (QED) is 0.753. The fraction of sp³-hybridized carbons (Fsp3) is 0.429. The van der Waals surface area contributed by atoms with Gasteiger partial charge in [-0.2, -0.15) is 4.31 Å². The van der Waals surface area contributed by atoms with Crippen LogP contribution in [0.25, 0.3) is 0 Å². The van der Waals surface area contributed by atoms with Gasteiger partial charge in [-0.25, -0.2) is 8.42 Å². The Morgan fingerprint density at radius 1 is 1.07 bits per heavy atom. The molecule has 6 nitrogen and oxygen atoms in total. The SMILES string of the molecule is COc1cccc(C2CC(C3CCN(S(=O)(=O)c4ccccc4Cl)CC3)NN2)c1. The summed E-state index contributed by atoms with van der Waals surface area (Å²) in [5.41, 5.74) is 8.01. The average Bonchev–Trinajstić information content (AvgIpc) is 3.24. The number of halogens is 1. The fourth-order valence-electron chi connectivity index (χ4n) is 4.28. The summed E-state index contributed by atoms with van der Waals surface area (Å²) in [5, 5.41) is 0.275. The molecule has 0 saturated carbocycles. The number of benzene rings is 2. The molecule has 2 unspecified atom stereocenters. The van der Waals surface area contributed by atoms with Crippen molar-refractivity contribution in [2.45, 2.75) is 36.2 Å². The Kier molecular flexibility index (Phi) is 6.13. The first kappa shape index (κ1) is 20.6. The summed E-state index contributed by atoms with van der Waals surface area (Å²) in [7, 11) is -1.88. The highest BCUT2D eigenvalue weighted by atomic mass is 35.5. The molecule has 2 heterocycles. The topological polar surface area (TPSA) is 70.7 Å². The van der Waals surface area contributed by atoms with Gasteiger partial charge in [0, 0.05) is 25.2 Å². The van der Waals surface area contributed by atoms with Crippen LogP contribution in [-0.2, 0) is 10.0 Å². The van der Waals surface area contributed by atoms with Crippen molar-refractivity contribution in [2.24, 2.45) is 5.92 Å². The van der Waals surface area contributed by atoms with E-state index in [1.165, 1.54) is 5.56 Å². The number of hydrogen-bond donors (Lipinski definition) is 2. The van der Waals surface area contributed by atoms with Crippen LogP contribution >= 0.6 is 11.6 Å². The van der Waals surface area contributed by atoms with Gasteiger partial charge in [0.2, 0.25) is 10.0 Å². The van der Waals surface area contributed by atoms with Gasteiger partial charge in [0.05, 0.1) is 12.1 Å². The lowest BCUT2D eigenvalue weighted by Crippen LogP contribution is -2.44. The lowest BCUT2D eigenvalue weighted by Gasteiger charge is -2.34. The van der Waals surface area contributed by atoms with E-state index in [4.69, 9.17) is 16.3 Å². The monoisotopic (exact) mass is 435 g/mol. The van der Waals surface area contributed by atoms with Gasteiger partial charge in [0.1, 0.15) is 10.6 Å². The van der Waals surface area contributed by atoms with Crippen molar-refractivity contribution in [1.82, 2.24) is 15.2 Å². The van der Waals surface area contributed by atoms with Crippen LogP contribution in [0, 0.1) is 5.92 Å². The summed E-state index contributed by atoms with van der Waals surface area (Å²) in [6.45, 7) is 1.03. The lowest BCUT2D eigenvalue weighted by atomic mass is 9.87. The molecule has 2 fully saturated rings. The van der Waals surface area contributed by atoms with Gasteiger partial charge in [-0.1, -0.05) is 35.9 Å². The van der Waals surface area contributed by atoms with Crippen molar-refractivity contribution < 1.29 is 13.2 Å². The van der Waals surface area contributed by atoms with Crippen molar-refractivity contribution in [3.05, 3.63) is 59.1 Å². The Labute approximate surface area is 177 Å². The van der Waals surface area contributed by atoms with Crippen molar-refractivity contribution in [2.75, 3.05) is 20.2 Å². The molecule has 8 heteroatoms. The Balaban J connectivity index is 1.37. The molecular weight excluding hydrogens is 410 g/mol. The van der Waals surface area contributed by atoms with E-state index in [1.54, 1.807) is 35.7 Å². The highest BCUT2D eigenvalue weighted by Gasteiger charge is 2.36. The van der Waals surface area contributed by atoms with E-state index in [0.29, 0.717) is 25.0 Å². The third-order valence-corrected chi connectivity index (χ3v) is 8.35. The van der Waals surface area contributed by atoms with Crippen LogP contribution in [0.4, 0.5) is 0 Å². The van der Waals surface area contributed by atoms with Crippen LogP contribution in [0.3, 0.4) is 0 Å². The number of piperidine rings is 1. The lowest BCUT2D eigenvalue weighted by molar-refractivity contribution is 0.230. The minimum absolute atomic E-state index is 0.193. The maximum absolute atomic E-state index is 12.9. The first-order chi connectivity index (χ1) is 14.0. The minimum atomic E-state index is -3.55. The molecule has 29 heavy (non-hydrogen) atoms. The second-order valence-electron chi connectivity index (χ2n) is 7.63. The Morgan fingerprint density at radius 2 is 1.83 bits per heavy atom.